The highest BCUT2D eigenvalue weighted by molar-refractivity contribution is 5.95. The van der Waals surface area contributed by atoms with Crippen molar-refractivity contribution in [2.75, 3.05) is 6.61 Å². The second-order valence-corrected chi connectivity index (χ2v) is 13.1. The van der Waals surface area contributed by atoms with Gasteiger partial charge in [-0.25, -0.2) is 4.39 Å². The molecule has 2 bridgehead atoms. The van der Waals surface area contributed by atoms with Gasteiger partial charge in [0.15, 0.2) is 28.9 Å². The normalized spacial score (nSPS) is 42.3. The molecule has 2 saturated carbocycles. The Morgan fingerprint density at radius 2 is 1.97 bits per heavy atom. The molecular weight excluding hydrogens is 489 g/mol. The highest BCUT2D eigenvalue weighted by Gasteiger charge is 2.77. The van der Waals surface area contributed by atoms with E-state index in [2.05, 4.69) is 25.9 Å². The van der Waals surface area contributed by atoms with Gasteiger partial charge >= 0.3 is 0 Å². The molecule has 1 aromatic carbocycles. The van der Waals surface area contributed by atoms with Gasteiger partial charge in [0.1, 0.15) is 17.3 Å². The number of ether oxygens (including phenoxy) is 3. The first kappa shape index (κ1) is 24.5. The van der Waals surface area contributed by atoms with Gasteiger partial charge in [-0.15, -0.1) is 0 Å². The molecule has 7 rings (SSSR count). The van der Waals surface area contributed by atoms with Gasteiger partial charge in [0.05, 0.1) is 12.0 Å². The lowest BCUT2D eigenvalue weighted by atomic mass is 9.59. The monoisotopic (exact) mass is 523 g/mol. The molecule has 8 atom stereocenters. The third-order valence-corrected chi connectivity index (χ3v) is 10.3. The van der Waals surface area contributed by atoms with E-state index < -0.39 is 34.8 Å². The molecule has 1 aromatic heterocycles. The van der Waals surface area contributed by atoms with Crippen molar-refractivity contribution < 1.29 is 33.0 Å². The maximum Gasteiger partial charge on any atom is 0.265 e. The molecule has 0 unspecified atom stereocenters. The molecule has 0 amide bonds. The van der Waals surface area contributed by atoms with E-state index >= 15 is 0 Å². The van der Waals surface area contributed by atoms with Gasteiger partial charge < -0.3 is 23.8 Å². The first-order chi connectivity index (χ1) is 17.8. The summed E-state index contributed by atoms with van der Waals surface area (Å²) in [5.41, 5.74) is -1.37. The predicted molar refractivity (Wildman–Crippen MR) is 136 cm³/mol. The standard InChI is InChI=1S/C30H34FNO6/c1-14-12-29-15(2)10-18-22(27(18,3)4)17(23(29)33)11-16-13-35-28(5,6)37-25(16)30(29,34)24(14)36-26-21-19(31)8-7-9-20(21)38-32-26/h7-9,11-12,15,17-18,22,24-25,34H,10,13H2,1-6H3/t15-,17+,18-,22+,24+,25-,29+,30-/m1/s1. The number of carbonyl (C=O) groups excluding carboxylic acids is 1. The van der Waals surface area contributed by atoms with Crippen LogP contribution in [-0.4, -0.2) is 46.2 Å². The van der Waals surface area contributed by atoms with Crippen LogP contribution in [0, 0.1) is 40.3 Å². The third-order valence-electron chi connectivity index (χ3n) is 10.3. The lowest BCUT2D eigenvalue weighted by Gasteiger charge is -2.52. The smallest absolute Gasteiger partial charge is 0.265 e. The highest BCUT2D eigenvalue weighted by atomic mass is 19.1. The van der Waals surface area contributed by atoms with Crippen molar-refractivity contribution in [3.05, 3.63) is 47.3 Å². The van der Waals surface area contributed by atoms with Crippen molar-refractivity contribution in [2.45, 2.75) is 71.6 Å². The minimum absolute atomic E-state index is 0.00415. The number of carbonyl (C=O) groups is 1. The second kappa shape index (κ2) is 7.34. The summed E-state index contributed by atoms with van der Waals surface area (Å²) < 4.78 is 39.1. The molecule has 8 heteroatoms. The minimum atomic E-state index is -1.81. The number of ketones is 1. The van der Waals surface area contributed by atoms with E-state index in [4.69, 9.17) is 18.7 Å². The average molecular weight is 524 g/mol. The second-order valence-electron chi connectivity index (χ2n) is 13.1. The number of hydrogen-bond acceptors (Lipinski definition) is 7. The molecule has 1 saturated heterocycles. The Hall–Kier alpha value is -2.55. The van der Waals surface area contributed by atoms with Gasteiger partial charge in [-0.2, -0.15) is 0 Å². The fourth-order valence-corrected chi connectivity index (χ4v) is 8.42. The number of hydrogen-bond donors (Lipinski definition) is 1. The summed E-state index contributed by atoms with van der Waals surface area (Å²) in [6.45, 7) is 12.2. The minimum Gasteiger partial charge on any atom is -0.464 e. The lowest BCUT2D eigenvalue weighted by Crippen LogP contribution is -2.68. The third kappa shape index (κ3) is 2.84. The van der Waals surface area contributed by atoms with Crippen LogP contribution in [0.3, 0.4) is 0 Å². The summed E-state index contributed by atoms with van der Waals surface area (Å²) in [6, 6.07) is 4.46. The van der Waals surface area contributed by atoms with Gasteiger partial charge in [-0.1, -0.05) is 39.0 Å². The summed E-state index contributed by atoms with van der Waals surface area (Å²) in [5, 5.41) is 17.2. The quantitative estimate of drug-likeness (QED) is 0.555. The maximum absolute atomic E-state index is 14.9. The number of nitrogens with zero attached hydrogens (tertiary/aromatic N) is 1. The first-order valence-electron chi connectivity index (χ1n) is 13.5. The van der Waals surface area contributed by atoms with Crippen LogP contribution in [0.15, 0.2) is 46.0 Å². The number of aliphatic hydroxyl groups is 1. The molecule has 1 N–H and O–H groups in total. The van der Waals surface area contributed by atoms with Crippen molar-refractivity contribution in [1.29, 1.82) is 0 Å². The van der Waals surface area contributed by atoms with Gasteiger partial charge in [-0.3, -0.25) is 4.79 Å². The van der Waals surface area contributed by atoms with E-state index in [0.717, 1.165) is 12.0 Å². The molecular formula is C30H34FNO6. The Balaban J connectivity index is 1.43. The fraction of sp³-hybridized carbons (Fsp3) is 0.600. The molecule has 0 radical (unpaired) electrons. The molecule has 38 heavy (non-hydrogen) atoms. The van der Waals surface area contributed by atoms with Crippen LogP contribution in [0.5, 0.6) is 5.88 Å². The average Bonchev–Trinajstić information content (AvgIpc) is 3.12. The van der Waals surface area contributed by atoms with E-state index in [1.807, 2.05) is 19.1 Å². The number of rotatable bonds is 2. The Morgan fingerprint density at radius 3 is 2.74 bits per heavy atom. The van der Waals surface area contributed by atoms with Gasteiger partial charge in [0.25, 0.3) is 5.88 Å². The zero-order valence-electron chi connectivity index (χ0n) is 22.6. The first-order valence-corrected chi connectivity index (χ1v) is 13.5. The Kier molecular flexibility index (Phi) is 4.73. The largest absolute Gasteiger partial charge is 0.464 e. The summed E-state index contributed by atoms with van der Waals surface area (Å²) in [7, 11) is 0. The van der Waals surface area contributed by atoms with E-state index in [1.54, 1.807) is 19.9 Å². The van der Waals surface area contributed by atoms with Crippen LogP contribution >= 0.6 is 0 Å². The summed E-state index contributed by atoms with van der Waals surface area (Å²) >= 11 is 0. The van der Waals surface area contributed by atoms with Gasteiger partial charge in [0.2, 0.25) is 0 Å². The maximum atomic E-state index is 14.9. The Morgan fingerprint density at radius 1 is 1.21 bits per heavy atom. The van der Waals surface area contributed by atoms with Gasteiger partial charge in [0, 0.05) is 5.92 Å². The van der Waals surface area contributed by atoms with Crippen molar-refractivity contribution in [1.82, 2.24) is 5.16 Å². The van der Waals surface area contributed by atoms with Crippen LogP contribution in [0.4, 0.5) is 4.39 Å². The number of aromatic nitrogens is 1. The molecule has 202 valence electrons. The molecule has 7 nitrogen and oxygen atoms in total. The number of allylic oxidation sites excluding steroid dienone is 1. The summed E-state index contributed by atoms with van der Waals surface area (Å²) in [6.07, 6.45) is 2.83. The molecule has 1 spiro atoms. The van der Waals surface area contributed by atoms with Crippen molar-refractivity contribution in [3.63, 3.8) is 0 Å². The van der Waals surface area contributed by atoms with Crippen molar-refractivity contribution in [2.24, 2.45) is 34.5 Å². The zero-order chi connectivity index (χ0) is 27.0. The Labute approximate surface area is 221 Å². The molecule has 1 aliphatic heterocycles. The molecule has 5 aliphatic rings. The van der Waals surface area contributed by atoms with Crippen molar-refractivity contribution in [3.8, 4) is 5.88 Å². The lowest BCUT2D eigenvalue weighted by molar-refractivity contribution is -0.301. The Bertz CT molecular complexity index is 1440. The van der Waals surface area contributed by atoms with E-state index in [9.17, 15) is 14.3 Å². The summed E-state index contributed by atoms with van der Waals surface area (Å²) in [4.78, 5) is 14.8. The van der Waals surface area contributed by atoms with Crippen LogP contribution in [0.25, 0.3) is 11.0 Å². The van der Waals surface area contributed by atoms with Crippen LogP contribution < -0.4 is 4.74 Å². The summed E-state index contributed by atoms with van der Waals surface area (Å²) in [5.74, 6) is -1.59. The van der Waals surface area contributed by atoms with E-state index in [0.29, 0.717) is 11.5 Å². The van der Waals surface area contributed by atoms with Gasteiger partial charge in [-0.05, 0) is 78.8 Å². The number of Topliss-reactive ketones (excluding diaryl/α,β-unsaturated/α-hetero) is 1. The highest BCUT2D eigenvalue weighted by Crippen LogP contribution is 2.72. The number of benzene rings is 1. The van der Waals surface area contributed by atoms with Crippen LogP contribution in [0.2, 0.25) is 0 Å². The topological polar surface area (TPSA) is 91.0 Å². The molecule has 3 fully saturated rings. The van der Waals surface area contributed by atoms with Crippen LogP contribution in [0.1, 0.15) is 48.0 Å². The molecule has 2 heterocycles. The number of fused-ring (bicyclic) bond motifs is 6. The molecule has 2 aromatic rings. The fourth-order valence-electron chi connectivity index (χ4n) is 8.42. The zero-order valence-corrected chi connectivity index (χ0v) is 22.6. The van der Waals surface area contributed by atoms with E-state index in [1.165, 1.54) is 12.1 Å². The molecule has 4 aliphatic carbocycles. The predicted octanol–water partition coefficient (Wildman–Crippen LogP) is 4.98. The SMILES string of the molecule is CC1=C[C@]23C(=O)[C@@H](C=C4COC(C)(C)O[C@H]4[C@]2(O)[C@H]1Oc1noc2cccc(F)c12)[C@H]1[C@@H](C[C@H]3C)C1(C)C. The van der Waals surface area contributed by atoms with Crippen molar-refractivity contribution >= 4 is 16.8 Å². The van der Waals surface area contributed by atoms with E-state index in [-0.39, 0.29) is 52.4 Å². The number of halogens is 1. The van der Waals surface area contributed by atoms with Crippen LogP contribution in [-0.2, 0) is 14.3 Å².